The Morgan fingerprint density at radius 2 is 0.783 bits per heavy atom. The third kappa shape index (κ3) is 51.9. The molecule has 6 nitrogen and oxygen atoms in total. The standard InChI is InChI=1S/2C6H14O3.C4H9.Li/c2*1-7-3-5-9-6-4-8-2;1-3-4-2;/h2*3-6H2,1-2H3;1,3-4H2,2H3;/q;;-1;+1. The number of ether oxygens (including phenoxy) is 6. The molecule has 0 N–H and O–H groups in total. The molecular formula is C16H37LiO6. The molecule has 0 aliphatic heterocycles. The first-order valence-electron chi connectivity index (χ1n) is 7.65. The van der Waals surface area contributed by atoms with Crippen LogP contribution < -0.4 is 18.9 Å². The van der Waals surface area contributed by atoms with E-state index in [0.29, 0.717) is 52.9 Å². The topological polar surface area (TPSA) is 55.4 Å². The Morgan fingerprint density at radius 1 is 0.565 bits per heavy atom. The Hall–Kier alpha value is 0.357. The summed E-state index contributed by atoms with van der Waals surface area (Å²) in [7, 11) is 6.61. The number of methoxy groups -OCH3 is 4. The zero-order chi connectivity index (χ0) is 17.3. The maximum atomic E-state index is 5.06. The molecule has 0 aromatic carbocycles. The molecule has 23 heavy (non-hydrogen) atoms. The van der Waals surface area contributed by atoms with Crippen LogP contribution in [0.2, 0.25) is 0 Å². The molecule has 0 heterocycles. The largest absolute Gasteiger partial charge is 1.00 e. The smallest absolute Gasteiger partial charge is 0.382 e. The minimum Gasteiger partial charge on any atom is -0.382 e. The molecule has 0 aromatic heterocycles. The molecule has 138 valence electrons. The van der Waals surface area contributed by atoms with E-state index in [0.717, 1.165) is 6.42 Å². The van der Waals surface area contributed by atoms with Crippen molar-refractivity contribution in [3.63, 3.8) is 0 Å². The molecule has 0 spiro atoms. The van der Waals surface area contributed by atoms with Crippen molar-refractivity contribution >= 4 is 0 Å². The van der Waals surface area contributed by atoms with Crippen LogP contribution in [0.4, 0.5) is 0 Å². The Bertz CT molecular complexity index is 125. The van der Waals surface area contributed by atoms with Gasteiger partial charge in [0.1, 0.15) is 0 Å². The van der Waals surface area contributed by atoms with E-state index in [1.807, 2.05) is 0 Å². The van der Waals surface area contributed by atoms with E-state index in [2.05, 4.69) is 13.8 Å². The molecule has 0 rings (SSSR count). The molecule has 0 saturated carbocycles. The van der Waals surface area contributed by atoms with Gasteiger partial charge in [-0.1, -0.05) is 13.3 Å². The summed E-state index contributed by atoms with van der Waals surface area (Å²) in [5, 5.41) is 0. The molecule has 0 aliphatic rings. The predicted octanol–water partition coefficient (Wildman–Crippen LogP) is -0.784. The van der Waals surface area contributed by atoms with Crippen molar-refractivity contribution in [2.45, 2.75) is 19.8 Å². The van der Waals surface area contributed by atoms with E-state index in [9.17, 15) is 0 Å². The first-order valence-corrected chi connectivity index (χ1v) is 7.65. The van der Waals surface area contributed by atoms with Crippen LogP contribution >= 0.6 is 0 Å². The van der Waals surface area contributed by atoms with Crippen LogP contribution in [0.15, 0.2) is 0 Å². The molecule has 0 unspecified atom stereocenters. The first kappa shape index (κ1) is 31.2. The fraction of sp³-hybridized carbons (Fsp3) is 0.938. The van der Waals surface area contributed by atoms with Gasteiger partial charge in [0.2, 0.25) is 0 Å². The number of hydrogen-bond acceptors (Lipinski definition) is 6. The second kappa shape index (κ2) is 38.1. The normalized spacial score (nSPS) is 9.13. The van der Waals surface area contributed by atoms with Crippen molar-refractivity contribution in [1.29, 1.82) is 0 Å². The zero-order valence-corrected chi connectivity index (χ0v) is 16.2. The van der Waals surface area contributed by atoms with Gasteiger partial charge in [-0.3, -0.25) is 0 Å². The molecule has 0 radical (unpaired) electrons. The summed E-state index contributed by atoms with van der Waals surface area (Å²) in [6.07, 6.45) is 2.28. The number of rotatable bonds is 13. The van der Waals surface area contributed by atoms with Crippen molar-refractivity contribution in [2.24, 2.45) is 0 Å². The summed E-state index contributed by atoms with van der Waals surface area (Å²) in [5.74, 6) is 0. The van der Waals surface area contributed by atoms with Gasteiger partial charge in [0.25, 0.3) is 0 Å². The Balaban J connectivity index is -0.000000124. The van der Waals surface area contributed by atoms with Crippen LogP contribution in [0.1, 0.15) is 19.8 Å². The van der Waals surface area contributed by atoms with Crippen LogP contribution in [0.5, 0.6) is 0 Å². The third-order valence-electron chi connectivity index (χ3n) is 2.08. The Morgan fingerprint density at radius 3 is 0.913 bits per heavy atom. The van der Waals surface area contributed by atoms with Gasteiger partial charge in [-0.2, -0.15) is 6.42 Å². The van der Waals surface area contributed by atoms with Crippen LogP contribution in [-0.4, -0.2) is 81.3 Å². The average Bonchev–Trinajstić information content (AvgIpc) is 2.55. The molecule has 0 atom stereocenters. The summed E-state index contributed by atoms with van der Waals surface area (Å²) < 4.78 is 29.2. The summed E-state index contributed by atoms with van der Waals surface area (Å²) in [4.78, 5) is 0. The van der Waals surface area contributed by atoms with E-state index < -0.39 is 0 Å². The van der Waals surface area contributed by atoms with E-state index in [1.165, 1.54) is 6.42 Å². The van der Waals surface area contributed by atoms with Crippen LogP contribution in [0.25, 0.3) is 0 Å². The minimum atomic E-state index is 0. The van der Waals surface area contributed by atoms with Crippen LogP contribution in [0.3, 0.4) is 0 Å². The van der Waals surface area contributed by atoms with Crippen molar-refractivity contribution < 1.29 is 47.3 Å². The molecular weight excluding hydrogens is 295 g/mol. The summed E-state index contributed by atoms with van der Waals surface area (Å²) in [6, 6.07) is 0. The SMILES string of the molecule is COCCOCCOC.COCCOCCOC.[CH2-]CCC.[Li+]. The van der Waals surface area contributed by atoms with Crippen molar-refractivity contribution in [3.8, 4) is 0 Å². The molecule has 0 fully saturated rings. The molecule has 0 saturated heterocycles. The second-order valence-electron chi connectivity index (χ2n) is 4.05. The fourth-order valence-electron chi connectivity index (χ4n) is 0.773. The van der Waals surface area contributed by atoms with Crippen molar-refractivity contribution in [2.75, 3.05) is 81.3 Å². The van der Waals surface area contributed by atoms with Gasteiger partial charge in [0, 0.05) is 28.4 Å². The maximum Gasteiger partial charge on any atom is 1.00 e. The summed E-state index contributed by atoms with van der Waals surface area (Å²) in [6.45, 7) is 11.0. The maximum absolute atomic E-state index is 5.06. The average molecular weight is 332 g/mol. The van der Waals surface area contributed by atoms with Crippen molar-refractivity contribution in [3.05, 3.63) is 6.92 Å². The van der Waals surface area contributed by atoms with Gasteiger partial charge < -0.3 is 35.3 Å². The quantitative estimate of drug-likeness (QED) is 0.250. The van der Waals surface area contributed by atoms with Gasteiger partial charge in [0.15, 0.2) is 0 Å². The van der Waals surface area contributed by atoms with Gasteiger partial charge in [0.05, 0.1) is 52.9 Å². The summed E-state index contributed by atoms with van der Waals surface area (Å²) in [5.41, 5.74) is 0. The predicted molar refractivity (Wildman–Crippen MR) is 89.4 cm³/mol. The number of hydrogen-bond donors (Lipinski definition) is 0. The molecule has 7 heteroatoms. The minimum absolute atomic E-state index is 0. The second-order valence-corrected chi connectivity index (χ2v) is 4.05. The number of unbranched alkanes of at least 4 members (excludes halogenated alkanes) is 1. The molecule has 0 aliphatic carbocycles. The summed E-state index contributed by atoms with van der Waals surface area (Å²) >= 11 is 0. The van der Waals surface area contributed by atoms with E-state index in [1.54, 1.807) is 28.4 Å². The zero-order valence-electron chi connectivity index (χ0n) is 16.2. The van der Waals surface area contributed by atoms with Crippen LogP contribution in [-0.2, 0) is 28.4 Å². The first-order chi connectivity index (χ1) is 10.7. The monoisotopic (exact) mass is 332 g/mol. The van der Waals surface area contributed by atoms with Crippen molar-refractivity contribution in [1.82, 2.24) is 0 Å². The Kier molecular flexibility index (Phi) is 51.6. The van der Waals surface area contributed by atoms with Gasteiger partial charge in [-0.05, 0) is 0 Å². The molecule has 0 bridgehead atoms. The van der Waals surface area contributed by atoms with E-state index in [-0.39, 0.29) is 18.9 Å². The third-order valence-corrected chi connectivity index (χ3v) is 2.08. The molecule has 0 amide bonds. The fourth-order valence-corrected chi connectivity index (χ4v) is 0.773. The van der Waals surface area contributed by atoms with E-state index >= 15 is 0 Å². The van der Waals surface area contributed by atoms with E-state index in [4.69, 9.17) is 28.4 Å². The van der Waals surface area contributed by atoms with Gasteiger partial charge in [-0.15, -0.1) is 0 Å². The van der Waals surface area contributed by atoms with Gasteiger partial charge in [-0.25, -0.2) is 0 Å². The van der Waals surface area contributed by atoms with Gasteiger partial charge >= 0.3 is 18.9 Å². The molecule has 0 aromatic rings. The van der Waals surface area contributed by atoms with Crippen LogP contribution in [0, 0.1) is 6.92 Å². The Labute approximate surface area is 155 Å².